The van der Waals surface area contributed by atoms with Crippen LogP contribution in [0.4, 0.5) is 15.8 Å². The van der Waals surface area contributed by atoms with Gasteiger partial charge < -0.3 is 59.8 Å². The molecule has 5 amide bonds. The lowest BCUT2D eigenvalue weighted by Gasteiger charge is -2.34. The zero-order valence-electron chi connectivity index (χ0n) is 38.6. The van der Waals surface area contributed by atoms with Crippen molar-refractivity contribution >= 4 is 58.8 Å². The van der Waals surface area contributed by atoms with Gasteiger partial charge in [0.05, 0.1) is 74.6 Å². The summed E-state index contributed by atoms with van der Waals surface area (Å²) >= 11 is 0. The Morgan fingerprint density at radius 3 is 2.15 bits per heavy atom. The van der Waals surface area contributed by atoms with E-state index < -0.39 is 23.7 Å². The third kappa shape index (κ3) is 13.6. The molecule has 0 spiro atoms. The Hall–Kier alpha value is -5.83. The van der Waals surface area contributed by atoms with Crippen LogP contribution in [0.15, 0.2) is 36.4 Å². The van der Waals surface area contributed by atoms with E-state index >= 15 is 0 Å². The normalized spacial score (nSPS) is 16.0. The van der Waals surface area contributed by atoms with Gasteiger partial charge in [0.25, 0.3) is 23.6 Å². The summed E-state index contributed by atoms with van der Waals surface area (Å²) in [6.45, 7) is 14.0. The third-order valence-corrected chi connectivity index (χ3v) is 12.0. The van der Waals surface area contributed by atoms with Crippen LogP contribution >= 0.6 is 0 Å². The van der Waals surface area contributed by atoms with Crippen molar-refractivity contribution in [2.45, 2.75) is 45.6 Å². The fourth-order valence-corrected chi connectivity index (χ4v) is 8.36. The van der Waals surface area contributed by atoms with Gasteiger partial charge in [-0.15, -0.1) is 0 Å². The monoisotopic (exact) mass is 930 g/mol. The van der Waals surface area contributed by atoms with E-state index in [0.717, 1.165) is 62.6 Å². The van der Waals surface area contributed by atoms with Crippen LogP contribution in [0.25, 0.3) is 11.6 Å². The quantitative estimate of drug-likeness (QED) is 0.0307. The number of aromatic amines is 1. The molecule has 67 heavy (non-hydrogen) atoms. The van der Waals surface area contributed by atoms with E-state index in [-0.39, 0.29) is 41.7 Å². The molecule has 18 nitrogen and oxygen atoms in total. The van der Waals surface area contributed by atoms with E-state index in [1.807, 2.05) is 13.8 Å². The number of hydrogen-bond acceptors (Lipinski definition) is 13. The second-order valence-electron chi connectivity index (χ2n) is 16.5. The number of hydrogen-bond donors (Lipinski definition) is 5. The molecule has 2 aromatic carbocycles. The fraction of sp³-hybridized carbons (Fsp3) is 0.500. The number of carbonyl (C=O) groups excluding carboxylic acids is 6. The Labute approximate surface area is 390 Å². The number of aromatic nitrogens is 1. The minimum atomic E-state index is -1.04. The first-order valence-corrected chi connectivity index (χ1v) is 23.0. The molecule has 6 rings (SSSR count). The van der Waals surface area contributed by atoms with E-state index in [2.05, 4.69) is 36.1 Å². The maximum Gasteiger partial charge on any atom is 0.264 e. The van der Waals surface area contributed by atoms with E-state index in [1.54, 1.807) is 30.3 Å². The summed E-state index contributed by atoms with van der Waals surface area (Å²) < 4.78 is 36.5. The molecule has 4 heterocycles. The van der Waals surface area contributed by atoms with Crippen molar-refractivity contribution in [3.8, 4) is 0 Å². The van der Waals surface area contributed by atoms with Crippen LogP contribution in [-0.2, 0) is 33.3 Å². The maximum absolute atomic E-state index is 13.9. The Morgan fingerprint density at radius 2 is 1.48 bits per heavy atom. The maximum atomic E-state index is 13.9. The highest BCUT2D eigenvalue weighted by Gasteiger charge is 2.41. The van der Waals surface area contributed by atoms with Gasteiger partial charge in [0, 0.05) is 94.2 Å². The summed E-state index contributed by atoms with van der Waals surface area (Å²) in [5.41, 5.74) is 4.92. The van der Waals surface area contributed by atoms with Gasteiger partial charge in [-0.3, -0.25) is 28.9 Å². The molecule has 1 saturated heterocycles. The molecule has 0 saturated carbocycles. The molecule has 1 atom stereocenters. The first-order chi connectivity index (χ1) is 32.5. The number of anilines is 2. The van der Waals surface area contributed by atoms with E-state index in [4.69, 9.17) is 18.9 Å². The molecule has 1 aromatic heterocycles. The van der Waals surface area contributed by atoms with Gasteiger partial charge in [0.2, 0.25) is 5.91 Å². The minimum absolute atomic E-state index is 0.00917. The predicted molar refractivity (Wildman–Crippen MR) is 249 cm³/mol. The summed E-state index contributed by atoms with van der Waals surface area (Å²) in [4.78, 5) is 84.4. The number of H-pyrrole nitrogens is 1. The first-order valence-electron chi connectivity index (χ1n) is 23.0. The average molecular weight is 931 g/mol. The van der Waals surface area contributed by atoms with Crippen LogP contribution < -0.4 is 21.3 Å². The number of rotatable bonds is 28. The lowest BCUT2D eigenvalue weighted by molar-refractivity contribution is -0.121. The lowest BCUT2D eigenvalue weighted by atomic mass is 10.0. The number of nitrogens with one attached hydrogen (secondary N) is 5. The van der Waals surface area contributed by atoms with Crippen LogP contribution in [-0.4, -0.2) is 174 Å². The van der Waals surface area contributed by atoms with Crippen molar-refractivity contribution < 1.29 is 52.1 Å². The molecule has 3 aliphatic rings. The molecule has 1 fully saturated rings. The number of fused-ring (bicyclic) bond motifs is 2. The van der Waals surface area contributed by atoms with Gasteiger partial charge in [0.1, 0.15) is 12.1 Å². The van der Waals surface area contributed by atoms with Crippen LogP contribution in [0.2, 0.25) is 0 Å². The number of halogens is 1. The number of amides is 5. The number of imide groups is 1. The summed E-state index contributed by atoms with van der Waals surface area (Å²) in [5.74, 6) is -2.32. The molecule has 0 aliphatic carbocycles. The first kappa shape index (κ1) is 50.6. The van der Waals surface area contributed by atoms with E-state index in [0.29, 0.717) is 112 Å². The SMILES string of the molecule is CNC(=O)CCC(C=O)N1C(=O)c2cccc(NCCOCCOCCOCCOCCCN3CCN(CCCNC(=O)c4c(C)[nH]c(/C=C5\C(=O)Nc6ccc(F)cc65)c4C)CC3)c2C1=O. The van der Waals surface area contributed by atoms with Crippen molar-refractivity contribution in [2.24, 2.45) is 0 Å². The van der Waals surface area contributed by atoms with Gasteiger partial charge in [0.15, 0.2) is 0 Å². The number of ether oxygens (including phenoxy) is 4. The summed E-state index contributed by atoms with van der Waals surface area (Å²) in [5, 5.41) is 11.4. The highest BCUT2D eigenvalue weighted by Crippen LogP contribution is 2.35. The Kier molecular flexibility index (Phi) is 19.1. The van der Waals surface area contributed by atoms with Crippen LogP contribution in [0.5, 0.6) is 0 Å². The number of benzene rings is 2. The third-order valence-electron chi connectivity index (χ3n) is 12.0. The van der Waals surface area contributed by atoms with Gasteiger partial charge in [-0.2, -0.15) is 0 Å². The number of nitrogens with zero attached hydrogens (tertiary/aromatic N) is 3. The lowest BCUT2D eigenvalue weighted by Crippen LogP contribution is -2.47. The molecule has 5 N–H and O–H groups in total. The number of aldehydes is 1. The summed E-state index contributed by atoms with van der Waals surface area (Å²) in [6.07, 6.45) is 4.02. The molecule has 1 unspecified atom stereocenters. The van der Waals surface area contributed by atoms with Crippen LogP contribution in [0.1, 0.15) is 79.3 Å². The van der Waals surface area contributed by atoms with E-state index in [9.17, 15) is 33.2 Å². The predicted octanol–water partition coefficient (Wildman–Crippen LogP) is 3.26. The minimum Gasteiger partial charge on any atom is -0.382 e. The largest absolute Gasteiger partial charge is 0.382 e. The van der Waals surface area contributed by atoms with Gasteiger partial charge in [-0.05, 0) is 81.6 Å². The van der Waals surface area contributed by atoms with Gasteiger partial charge in [-0.1, -0.05) is 6.07 Å². The highest BCUT2D eigenvalue weighted by molar-refractivity contribution is 6.35. The topological polar surface area (TPSA) is 213 Å². The van der Waals surface area contributed by atoms with Crippen molar-refractivity contribution in [2.75, 3.05) is 123 Å². The van der Waals surface area contributed by atoms with Crippen LogP contribution in [0, 0.1) is 19.7 Å². The molecule has 19 heteroatoms. The van der Waals surface area contributed by atoms with Crippen molar-refractivity contribution in [3.05, 3.63) is 81.4 Å². The molecule has 3 aromatic rings. The Bertz CT molecular complexity index is 2260. The summed E-state index contributed by atoms with van der Waals surface area (Å²) in [6, 6.07) is 8.05. The Morgan fingerprint density at radius 1 is 0.821 bits per heavy atom. The van der Waals surface area contributed by atoms with Crippen molar-refractivity contribution in [1.82, 2.24) is 30.3 Å². The smallest absolute Gasteiger partial charge is 0.264 e. The molecular formula is C48H63FN8O10. The standard InChI is InChI=1S/C48H63FN8O10/c1-32-41(30-38-37-29-34(49)9-11-39(37)54-45(38)60)53-33(2)43(32)46(61)52-13-5-15-55-17-19-56(20-18-55)16-6-21-64-23-25-66-27-28-67-26-24-65-22-14-51-40-8-4-7-36-44(40)48(63)57(47(36)62)35(31-58)10-12-42(59)50-3/h4,7-9,11,29-31,35,51,53H,5-6,10,12-28H2,1-3H3,(H,50,59)(H,52,61)(H,54,60)/b38-30-. The Balaban J connectivity index is 0.731. The molecular weight excluding hydrogens is 868 g/mol. The van der Waals surface area contributed by atoms with Gasteiger partial charge in [-0.25, -0.2) is 4.39 Å². The zero-order valence-corrected chi connectivity index (χ0v) is 38.6. The zero-order chi connectivity index (χ0) is 47.7. The van der Waals surface area contributed by atoms with E-state index in [1.165, 1.54) is 19.2 Å². The molecule has 3 aliphatic heterocycles. The van der Waals surface area contributed by atoms with Crippen LogP contribution in [0.3, 0.4) is 0 Å². The van der Waals surface area contributed by atoms with Crippen molar-refractivity contribution in [1.29, 1.82) is 0 Å². The number of piperazine rings is 1. The summed E-state index contributed by atoms with van der Waals surface area (Å²) in [7, 11) is 1.48. The molecule has 0 radical (unpaired) electrons. The fourth-order valence-electron chi connectivity index (χ4n) is 8.36. The van der Waals surface area contributed by atoms with Gasteiger partial charge >= 0.3 is 0 Å². The molecule has 362 valence electrons. The molecule has 0 bridgehead atoms. The number of aryl methyl sites for hydroxylation is 1. The van der Waals surface area contributed by atoms with Crippen molar-refractivity contribution in [3.63, 3.8) is 0 Å². The second kappa shape index (κ2) is 25.3. The number of carbonyl (C=O) groups is 6. The average Bonchev–Trinajstić information content (AvgIpc) is 3.89. The second-order valence-corrected chi connectivity index (χ2v) is 16.5. The highest BCUT2D eigenvalue weighted by atomic mass is 19.1.